The van der Waals surface area contributed by atoms with Gasteiger partial charge >= 0.3 is 0 Å². The van der Waals surface area contributed by atoms with Crippen molar-refractivity contribution in [1.29, 1.82) is 0 Å². The number of nitrogens with zero attached hydrogens (tertiary/aromatic N) is 1. The van der Waals surface area contributed by atoms with Crippen LogP contribution in [0.5, 0.6) is 0 Å². The Kier molecular flexibility index (Phi) is 2.46. The Hall–Kier alpha value is -1.41. The van der Waals surface area contributed by atoms with E-state index >= 15 is 0 Å². The first-order valence-electron chi connectivity index (χ1n) is 4.81. The zero-order chi connectivity index (χ0) is 9.97. The Morgan fingerprint density at radius 2 is 2.07 bits per heavy atom. The first-order valence-corrected chi connectivity index (χ1v) is 4.81. The summed E-state index contributed by atoms with van der Waals surface area (Å²) in [6.07, 6.45) is 0. The summed E-state index contributed by atoms with van der Waals surface area (Å²) in [5.41, 5.74) is 3.47. The quantitative estimate of drug-likeness (QED) is 0.778. The van der Waals surface area contributed by atoms with Gasteiger partial charge in [-0.05, 0) is 31.7 Å². The predicted octanol–water partition coefficient (Wildman–Crippen LogP) is 2.26. The molecule has 1 heterocycles. The van der Waals surface area contributed by atoms with E-state index < -0.39 is 0 Å². The average Bonchev–Trinajstić information content (AvgIpc) is 2.18. The molecule has 0 amide bonds. The van der Waals surface area contributed by atoms with Crippen LogP contribution in [0.4, 0.5) is 0 Å². The van der Waals surface area contributed by atoms with Crippen molar-refractivity contribution in [3.05, 3.63) is 41.6 Å². The fraction of sp³-hybridized carbons (Fsp3) is 0.250. The second-order valence-electron chi connectivity index (χ2n) is 3.47. The Morgan fingerprint density at radius 3 is 2.86 bits per heavy atom. The molecule has 1 aromatic carbocycles. The fourth-order valence-electron chi connectivity index (χ4n) is 1.73. The van der Waals surface area contributed by atoms with E-state index in [1.54, 1.807) is 0 Å². The molecule has 1 aromatic heterocycles. The number of aromatic nitrogens is 1. The molecule has 2 nitrogen and oxygen atoms in total. The predicted molar refractivity (Wildman–Crippen MR) is 59.2 cm³/mol. The smallest absolute Gasteiger partial charge is 0.0708 e. The van der Waals surface area contributed by atoms with Gasteiger partial charge in [-0.1, -0.05) is 18.2 Å². The summed E-state index contributed by atoms with van der Waals surface area (Å²) in [6, 6.07) is 10.4. The van der Waals surface area contributed by atoms with Crippen LogP contribution < -0.4 is 5.32 Å². The van der Waals surface area contributed by atoms with E-state index in [-0.39, 0.29) is 0 Å². The van der Waals surface area contributed by atoms with Gasteiger partial charge in [-0.25, -0.2) is 0 Å². The summed E-state index contributed by atoms with van der Waals surface area (Å²) < 4.78 is 0. The maximum absolute atomic E-state index is 4.49. The van der Waals surface area contributed by atoms with Gasteiger partial charge in [0.25, 0.3) is 0 Å². The Balaban J connectivity index is 2.67. The van der Waals surface area contributed by atoms with Crippen LogP contribution in [0, 0.1) is 6.92 Å². The molecule has 0 spiro atoms. The number of hydrogen-bond acceptors (Lipinski definition) is 2. The lowest BCUT2D eigenvalue weighted by atomic mass is 10.1. The first kappa shape index (κ1) is 9.16. The normalized spacial score (nSPS) is 10.7. The second-order valence-corrected chi connectivity index (χ2v) is 3.47. The number of para-hydroxylation sites is 1. The number of nitrogens with one attached hydrogen (secondary N) is 1. The van der Waals surface area contributed by atoms with Crippen LogP contribution in [0.15, 0.2) is 30.3 Å². The first-order chi connectivity index (χ1) is 6.81. The summed E-state index contributed by atoms with van der Waals surface area (Å²) >= 11 is 0. The monoisotopic (exact) mass is 186 g/mol. The molecule has 0 fully saturated rings. The second kappa shape index (κ2) is 3.76. The van der Waals surface area contributed by atoms with Crippen molar-refractivity contribution in [2.45, 2.75) is 13.5 Å². The van der Waals surface area contributed by atoms with E-state index in [4.69, 9.17) is 0 Å². The highest BCUT2D eigenvalue weighted by Crippen LogP contribution is 2.17. The summed E-state index contributed by atoms with van der Waals surface area (Å²) in [5, 5.41) is 4.42. The number of aryl methyl sites for hydroxylation is 1. The van der Waals surface area contributed by atoms with Gasteiger partial charge in [0.1, 0.15) is 0 Å². The van der Waals surface area contributed by atoms with E-state index in [2.05, 4.69) is 34.6 Å². The third-order valence-corrected chi connectivity index (χ3v) is 2.30. The molecule has 0 bridgehead atoms. The highest BCUT2D eigenvalue weighted by Gasteiger charge is 2.01. The van der Waals surface area contributed by atoms with Crippen molar-refractivity contribution < 1.29 is 0 Å². The number of fused-ring (bicyclic) bond motifs is 1. The Labute approximate surface area is 84.0 Å². The largest absolute Gasteiger partial charge is 0.316 e. The Morgan fingerprint density at radius 1 is 1.29 bits per heavy atom. The highest BCUT2D eigenvalue weighted by molar-refractivity contribution is 5.82. The van der Waals surface area contributed by atoms with Crippen molar-refractivity contribution in [1.82, 2.24) is 10.3 Å². The summed E-state index contributed by atoms with van der Waals surface area (Å²) in [7, 11) is 1.96. The van der Waals surface area contributed by atoms with Crippen molar-refractivity contribution in [2.24, 2.45) is 0 Å². The molecule has 0 atom stereocenters. The molecule has 1 N–H and O–H groups in total. The van der Waals surface area contributed by atoms with Crippen molar-refractivity contribution in [3.8, 4) is 0 Å². The van der Waals surface area contributed by atoms with E-state index in [1.165, 1.54) is 10.9 Å². The molecule has 0 saturated carbocycles. The topological polar surface area (TPSA) is 24.9 Å². The van der Waals surface area contributed by atoms with Gasteiger partial charge in [0.15, 0.2) is 0 Å². The van der Waals surface area contributed by atoms with Crippen LogP contribution in [-0.2, 0) is 6.54 Å². The van der Waals surface area contributed by atoms with Crippen LogP contribution in [0.3, 0.4) is 0 Å². The molecule has 72 valence electrons. The minimum atomic E-state index is 0.893. The number of rotatable bonds is 2. The molecule has 0 saturated heterocycles. The standard InChI is InChI=1S/C12H14N2/c1-9-7-10(8-13-2)11-5-3-4-6-12(11)14-9/h3-7,13H,8H2,1-2H3. The van der Waals surface area contributed by atoms with Gasteiger partial charge in [-0.15, -0.1) is 0 Å². The molecule has 2 aromatic rings. The van der Waals surface area contributed by atoms with Crippen LogP contribution in [0.1, 0.15) is 11.3 Å². The van der Waals surface area contributed by atoms with Gasteiger partial charge in [0.05, 0.1) is 5.52 Å². The van der Waals surface area contributed by atoms with Gasteiger partial charge in [0, 0.05) is 17.6 Å². The average molecular weight is 186 g/mol. The molecule has 0 unspecified atom stereocenters. The SMILES string of the molecule is CNCc1cc(C)nc2ccccc12. The Bertz CT molecular complexity index is 449. The lowest BCUT2D eigenvalue weighted by molar-refractivity contribution is 0.821. The molecule has 0 aliphatic heterocycles. The molecule has 2 heteroatoms. The summed E-state index contributed by atoms with van der Waals surface area (Å²) in [5.74, 6) is 0. The van der Waals surface area contributed by atoms with Crippen molar-refractivity contribution >= 4 is 10.9 Å². The van der Waals surface area contributed by atoms with Gasteiger partial charge in [0.2, 0.25) is 0 Å². The van der Waals surface area contributed by atoms with Crippen molar-refractivity contribution in [3.63, 3.8) is 0 Å². The minimum absolute atomic E-state index is 0.893. The van der Waals surface area contributed by atoms with Crippen LogP contribution in [0.2, 0.25) is 0 Å². The molecule has 0 aliphatic carbocycles. The zero-order valence-corrected chi connectivity index (χ0v) is 8.54. The lowest BCUT2D eigenvalue weighted by Crippen LogP contribution is -2.06. The maximum Gasteiger partial charge on any atom is 0.0708 e. The van der Waals surface area contributed by atoms with E-state index in [0.717, 1.165) is 17.8 Å². The van der Waals surface area contributed by atoms with Crippen LogP contribution in [0.25, 0.3) is 10.9 Å². The van der Waals surface area contributed by atoms with Gasteiger partial charge < -0.3 is 5.32 Å². The van der Waals surface area contributed by atoms with Gasteiger partial charge in [-0.3, -0.25) is 4.98 Å². The third-order valence-electron chi connectivity index (χ3n) is 2.30. The summed E-state index contributed by atoms with van der Waals surface area (Å²) in [4.78, 5) is 4.49. The maximum atomic E-state index is 4.49. The number of pyridine rings is 1. The minimum Gasteiger partial charge on any atom is -0.316 e. The van der Waals surface area contributed by atoms with Crippen LogP contribution >= 0.6 is 0 Å². The molecule has 0 aliphatic rings. The molecular formula is C12H14N2. The molecule has 0 radical (unpaired) electrons. The highest BCUT2D eigenvalue weighted by atomic mass is 14.8. The van der Waals surface area contributed by atoms with E-state index in [9.17, 15) is 0 Å². The van der Waals surface area contributed by atoms with Crippen molar-refractivity contribution in [2.75, 3.05) is 7.05 Å². The molecule has 2 rings (SSSR count). The zero-order valence-electron chi connectivity index (χ0n) is 8.54. The fourth-order valence-corrected chi connectivity index (χ4v) is 1.73. The van der Waals surface area contributed by atoms with Crippen LogP contribution in [-0.4, -0.2) is 12.0 Å². The summed E-state index contributed by atoms with van der Waals surface area (Å²) in [6.45, 7) is 2.93. The molecular weight excluding hydrogens is 172 g/mol. The van der Waals surface area contributed by atoms with E-state index in [1.807, 2.05) is 20.0 Å². The third kappa shape index (κ3) is 1.61. The number of hydrogen-bond donors (Lipinski definition) is 1. The number of benzene rings is 1. The van der Waals surface area contributed by atoms with E-state index in [0.29, 0.717) is 0 Å². The van der Waals surface area contributed by atoms with Gasteiger partial charge in [-0.2, -0.15) is 0 Å². The lowest BCUT2D eigenvalue weighted by Gasteiger charge is -2.06. The molecule has 14 heavy (non-hydrogen) atoms.